The van der Waals surface area contributed by atoms with Crippen molar-refractivity contribution >= 4 is 88.0 Å². The predicted molar refractivity (Wildman–Crippen MR) is 114 cm³/mol. The highest BCUT2D eigenvalue weighted by molar-refractivity contribution is 14.1. The molecule has 0 aliphatic carbocycles. The maximum Gasteiger partial charge on any atom is 0.299 e. The lowest BCUT2D eigenvalue weighted by atomic mass is 10.2. The van der Waals surface area contributed by atoms with Crippen LogP contribution in [-0.4, -0.2) is 21.4 Å². The minimum Gasteiger partial charge on any atom is -0.283 e. The number of hydrogen-bond acceptors (Lipinski definition) is 5. The Labute approximate surface area is 180 Å². The van der Waals surface area contributed by atoms with Gasteiger partial charge in [-0.1, -0.05) is 30.3 Å². The molecule has 0 saturated heterocycles. The molecule has 24 heavy (non-hydrogen) atoms. The minimum absolute atomic E-state index is 0.0129. The molecule has 1 unspecified atom stereocenters. The Balaban J connectivity index is 2.54. The van der Waals surface area contributed by atoms with Crippen LogP contribution in [0.25, 0.3) is 0 Å². The largest absolute Gasteiger partial charge is 0.299 e. The van der Waals surface area contributed by atoms with Gasteiger partial charge in [0.25, 0.3) is 20.2 Å². The summed E-state index contributed by atoms with van der Waals surface area (Å²) < 4.78 is 64.4. The van der Waals surface area contributed by atoms with E-state index in [1.54, 1.807) is 12.1 Å². The van der Waals surface area contributed by atoms with Gasteiger partial charge in [0.2, 0.25) is 5.44 Å². The van der Waals surface area contributed by atoms with Crippen LogP contribution >= 0.6 is 67.8 Å². The summed E-state index contributed by atoms with van der Waals surface area (Å²) in [5.74, 6) is 0. The Morgan fingerprint density at radius 2 is 1.54 bits per heavy atom. The van der Waals surface area contributed by atoms with Crippen LogP contribution in [0.5, 0.6) is 0 Å². The third-order valence-electron chi connectivity index (χ3n) is 2.79. The Morgan fingerprint density at radius 1 is 0.958 bits per heavy atom. The molecule has 1 N–H and O–H groups in total. The summed E-state index contributed by atoms with van der Waals surface area (Å²) in [5, 5.41) is 0. The van der Waals surface area contributed by atoms with Gasteiger partial charge in [-0.2, -0.15) is 16.8 Å². The molecule has 0 spiro atoms. The van der Waals surface area contributed by atoms with Crippen molar-refractivity contribution in [1.82, 2.24) is 0 Å². The Morgan fingerprint density at radius 3 is 2.08 bits per heavy atom. The molecule has 0 fully saturated rings. The molecule has 2 aromatic carbocycles. The smallest absolute Gasteiger partial charge is 0.283 e. The van der Waals surface area contributed by atoms with Crippen molar-refractivity contribution < 1.29 is 25.6 Å². The van der Waals surface area contributed by atoms with E-state index >= 15 is 0 Å². The second-order valence-electron chi connectivity index (χ2n) is 4.51. The van der Waals surface area contributed by atoms with E-state index in [2.05, 4.69) is 0 Å². The van der Waals surface area contributed by atoms with Crippen LogP contribution in [0.1, 0.15) is 11.0 Å². The van der Waals surface area contributed by atoms with Crippen molar-refractivity contribution in [1.29, 1.82) is 0 Å². The quantitative estimate of drug-likeness (QED) is 0.220. The molecule has 2 aromatic rings. The van der Waals surface area contributed by atoms with Crippen LogP contribution in [0.2, 0.25) is 0 Å². The van der Waals surface area contributed by atoms with Crippen molar-refractivity contribution in [3.63, 3.8) is 0 Å². The van der Waals surface area contributed by atoms with Gasteiger partial charge >= 0.3 is 0 Å². The molecule has 2 rings (SSSR count). The van der Waals surface area contributed by atoms with E-state index in [0.717, 1.165) is 0 Å². The number of hydrogen-bond donors (Lipinski definition) is 1. The molecule has 1 atom stereocenters. The standard InChI is InChI=1S/C13H9I3O6S2/c14-9-6-10(15)12(16)11(7-9)24(20,21)22-13(23(17,18)19)8-4-2-1-3-5-8/h1-7,13H,(H,17,18,19). The molecule has 0 bridgehead atoms. The van der Waals surface area contributed by atoms with E-state index in [4.69, 9.17) is 4.18 Å². The molecule has 130 valence electrons. The van der Waals surface area contributed by atoms with Gasteiger partial charge in [-0.15, -0.1) is 0 Å². The molecule has 0 heterocycles. The summed E-state index contributed by atoms with van der Waals surface area (Å²) in [6, 6.07) is 10.5. The first kappa shape index (κ1) is 20.8. The lowest BCUT2D eigenvalue weighted by Gasteiger charge is -2.16. The van der Waals surface area contributed by atoms with Crippen LogP contribution in [0, 0.1) is 10.7 Å². The maximum absolute atomic E-state index is 12.6. The highest BCUT2D eigenvalue weighted by atomic mass is 127. The van der Waals surface area contributed by atoms with E-state index in [9.17, 15) is 21.4 Å². The van der Waals surface area contributed by atoms with E-state index in [0.29, 0.717) is 10.7 Å². The topological polar surface area (TPSA) is 97.7 Å². The summed E-state index contributed by atoms with van der Waals surface area (Å²) in [5.41, 5.74) is -2.02. The molecule has 0 radical (unpaired) electrons. The van der Waals surface area contributed by atoms with E-state index in [1.165, 1.54) is 30.3 Å². The first-order valence-electron chi connectivity index (χ1n) is 6.11. The molecule has 11 heteroatoms. The van der Waals surface area contributed by atoms with Crippen LogP contribution in [-0.2, 0) is 24.4 Å². The number of benzene rings is 2. The van der Waals surface area contributed by atoms with Gasteiger partial charge < -0.3 is 0 Å². The van der Waals surface area contributed by atoms with Crippen molar-refractivity contribution in [3.05, 3.63) is 58.7 Å². The van der Waals surface area contributed by atoms with E-state index in [-0.39, 0.29) is 10.5 Å². The molecule has 0 amide bonds. The Bertz CT molecular complexity index is 959. The van der Waals surface area contributed by atoms with Gasteiger partial charge in [0, 0.05) is 10.7 Å². The van der Waals surface area contributed by atoms with E-state index in [1.807, 2.05) is 67.8 Å². The average molecular weight is 706 g/mol. The van der Waals surface area contributed by atoms with Crippen molar-refractivity contribution in [2.45, 2.75) is 10.3 Å². The summed E-state index contributed by atoms with van der Waals surface area (Å²) in [6.07, 6.45) is 0. The normalized spacial score (nSPS) is 13.7. The summed E-state index contributed by atoms with van der Waals surface area (Å²) in [7, 11) is -9.22. The summed E-state index contributed by atoms with van der Waals surface area (Å²) in [4.78, 5) is -0.149. The Kier molecular flexibility index (Phi) is 6.91. The fourth-order valence-electron chi connectivity index (χ4n) is 1.77. The minimum atomic E-state index is -4.80. The highest BCUT2D eigenvalue weighted by Crippen LogP contribution is 2.32. The summed E-state index contributed by atoms with van der Waals surface area (Å²) >= 11 is 5.78. The average Bonchev–Trinajstić information content (AvgIpc) is 2.48. The van der Waals surface area contributed by atoms with Crippen LogP contribution < -0.4 is 0 Å². The molecule has 0 saturated carbocycles. The van der Waals surface area contributed by atoms with Crippen LogP contribution in [0.3, 0.4) is 0 Å². The van der Waals surface area contributed by atoms with Gasteiger partial charge in [0.15, 0.2) is 0 Å². The SMILES string of the molecule is O=S(=O)(OC(c1ccccc1)S(=O)(=O)O)c1cc(I)cc(I)c1I. The molecule has 0 aliphatic heterocycles. The van der Waals surface area contributed by atoms with E-state index < -0.39 is 25.7 Å². The maximum atomic E-state index is 12.6. The fourth-order valence-corrected chi connectivity index (χ4v) is 7.38. The van der Waals surface area contributed by atoms with Gasteiger partial charge in [-0.25, -0.2) is 4.18 Å². The monoisotopic (exact) mass is 706 g/mol. The Hall–Kier alpha value is 0.450. The first-order valence-corrected chi connectivity index (χ1v) is 12.3. The highest BCUT2D eigenvalue weighted by Gasteiger charge is 2.34. The van der Waals surface area contributed by atoms with Gasteiger partial charge in [-0.3, -0.25) is 4.55 Å². The molecule has 0 aromatic heterocycles. The van der Waals surface area contributed by atoms with Gasteiger partial charge in [0.1, 0.15) is 4.90 Å². The second kappa shape index (κ2) is 7.99. The fraction of sp³-hybridized carbons (Fsp3) is 0.0769. The third-order valence-corrected chi connectivity index (χ3v) is 9.16. The van der Waals surface area contributed by atoms with Crippen molar-refractivity contribution in [2.24, 2.45) is 0 Å². The zero-order valence-electron chi connectivity index (χ0n) is 11.6. The van der Waals surface area contributed by atoms with Gasteiger partial charge in [0.05, 0.1) is 0 Å². The van der Waals surface area contributed by atoms with Crippen LogP contribution in [0.4, 0.5) is 0 Å². The molecular formula is C13H9I3O6S2. The zero-order valence-corrected chi connectivity index (χ0v) is 19.7. The molecule has 6 nitrogen and oxygen atoms in total. The second-order valence-corrected chi connectivity index (χ2v) is 11.0. The van der Waals surface area contributed by atoms with Crippen LogP contribution in [0.15, 0.2) is 47.4 Å². The third kappa shape index (κ3) is 5.00. The van der Waals surface area contributed by atoms with Crippen molar-refractivity contribution in [2.75, 3.05) is 0 Å². The predicted octanol–water partition coefficient (Wildman–Crippen LogP) is 3.79. The first-order chi connectivity index (χ1) is 11.0. The number of rotatable bonds is 5. The van der Waals surface area contributed by atoms with Gasteiger partial charge in [-0.05, 0) is 85.5 Å². The molecule has 0 aliphatic rings. The molecular weight excluding hydrogens is 697 g/mol. The lowest BCUT2D eigenvalue weighted by molar-refractivity contribution is 0.266. The van der Waals surface area contributed by atoms with Crippen molar-refractivity contribution in [3.8, 4) is 0 Å². The summed E-state index contributed by atoms with van der Waals surface area (Å²) in [6.45, 7) is 0. The number of halogens is 3. The zero-order chi connectivity index (χ0) is 18.1. The lowest BCUT2D eigenvalue weighted by Crippen LogP contribution is -2.21.